The molecule has 0 radical (unpaired) electrons. The molecule has 0 aliphatic rings. The van der Waals surface area contributed by atoms with E-state index in [4.69, 9.17) is 14.2 Å². The first kappa shape index (κ1) is 61.4. The van der Waals surface area contributed by atoms with Crippen LogP contribution in [0, 0.1) is 17.8 Å². The summed E-state index contributed by atoms with van der Waals surface area (Å²) in [6.45, 7) is 13.7. The predicted octanol–water partition coefficient (Wildman–Crippen LogP) is 18.3. The Morgan fingerprint density at radius 3 is 0.825 bits per heavy atom. The van der Waals surface area contributed by atoms with Crippen LogP contribution in [-0.2, 0) is 28.6 Å². The van der Waals surface area contributed by atoms with Gasteiger partial charge in [0.25, 0.3) is 0 Å². The quantitative estimate of drug-likeness (QED) is 0.0344. The van der Waals surface area contributed by atoms with Crippen molar-refractivity contribution < 1.29 is 28.6 Å². The lowest BCUT2D eigenvalue weighted by Gasteiger charge is -2.18. The van der Waals surface area contributed by atoms with Crippen LogP contribution in [0.15, 0.2) is 0 Å². The molecular weight excluding hydrogens is 781 g/mol. The van der Waals surface area contributed by atoms with Gasteiger partial charge in [0.1, 0.15) is 13.2 Å². The van der Waals surface area contributed by atoms with Gasteiger partial charge in [0.15, 0.2) is 6.10 Å². The summed E-state index contributed by atoms with van der Waals surface area (Å²) >= 11 is 0. The molecule has 0 aromatic rings. The molecule has 0 aliphatic heterocycles. The van der Waals surface area contributed by atoms with Crippen molar-refractivity contribution in [1.82, 2.24) is 0 Å². The zero-order chi connectivity index (χ0) is 46.3. The Balaban J connectivity index is 4.22. The fourth-order valence-corrected chi connectivity index (χ4v) is 8.61. The summed E-state index contributed by atoms with van der Waals surface area (Å²) in [4.78, 5) is 38.0. The van der Waals surface area contributed by atoms with Crippen LogP contribution >= 0.6 is 0 Å². The molecule has 2 atom stereocenters. The third-order valence-electron chi connectivity index (χ3n) is 13.3. The molecule has 374 valence electrons. The van der Waals surface area contributed by atoms with E-state index < -0.39 is 6.10 Å². The largest absolute Gasteiger partial charge is 0.462 e. The minimum atomic E-state index is -0.763. The van der Waals surface area contributed by atoms with E-state index in [0.717, 1.165) is 75.5 Å². The van der Waals surface area contributed by atoms with Gasteiger partial charge in [-0.2, -0.15) is 0 Å². The zero-order valence-corrected chi connectivity index (χ0v) is 43.4. The standard InChI is InChI=1S/C57H110O6/c1-7-53(6)45-39-33-27-20-16-14-12-10-8-9-11-13-15-17-21-30-36-42-48-57(60)63-54(50-62-56(59)47-41-35-29-24-23-26-32-38-44-52(4)5)49-61-55(58)46-40-34-28-22-18-19-25-31-37-43-51(2)3/h51-54H,7-50H2,1-6H3/t53?,54-/m1/s1. The fraction of sp³-hybridized carbons (Fsp3) is 0.947. The van der Waals surface area contributed by atoms with Crippen molar-refractivity contribution in [1.29, 1.82) is 0 Å². The Kier molecular flexibility index (Phi) is 47.1. The minimum absolute atomic E-state index is 0.0648. The van der Waals surface area contributed by atoms with Crippen molar-refractivity contribution in [2.45, 2.75) is 317 Å². The first-order valence-electron chi connectivity index (χ1n) is 28.1. The highest BCUT2D eigenvalue weighted by Gasteiger charge is 2.19. The summed E-state index contributed by atoms with van der Waals surface area (Å²) < 4.78 is 16.8. The molecule has 0 N–H and O–H groups in total. The summed E-state index contributed by atoms with van der Waals surface area (Å²) in [7, 11) is 0. The molecule has 0 saturated heterocycles. The number of hydrogen-bond donors (Lipinski definition) is 0. The number of hydrogen-bond acceptors (Lipinski definition) is 6. The second-order valence-corrected chi connectivity index (χ2v) is 20.8. The Hall–Kier alpha value is -1.59. The number of ether oxygens (including phenoxy) is 3. The van der Waals surface area contributed by atoms with E-state index in [-0.39, 0.29) is 31.1 Å². The van der Waals surface area contributed by atoms with E-state index in [1.54, 1.807) is 0 Å². The molecular formula is C57H110O6. The predicted molar refractivity (Wildman–Crippen MR) is 270 cm³/mol. The fourth-order valence-electron chi connectivity index (χ4n) is 8.61. The van der Waals surface area contributed by atoms with Crippen LogP contribution in [0.4, 0.5) is 0 Å². The molecule has 0 bridgehead atoms. The average Bonchev–Trinajstić information content (AvgIpc) is 3.25. The van der Waals surface area contributed by atoms with E-state index in [1.165, 1.54) is 193 Å². The topological polar surface area (TPSA) is 78.9 Å². The molecule has 0 saturated carbocycles. The normalized spacial score (nSPS) is 12.6. The Morgan fingerprint density at radius 2 is 0.556 bits per heavy atom. The summed E-state index contributed by atoms with van der Waals surface area (Å²) in [5, 5.41) is 0. The Bertz CT molecular complexity index is 978. The molecule has 0 spiro atoms. The monoisotopic (exact) mass is 891 g/mol. The molecule has 6 nitrogen and oxygen atoms in total. The SMILES string of the molecule is CCC(C)CCCCCCCCCCCCCCCCCCCCC(=O)O[C@H](COC(=O)CCCCCCCCCCCC(C)C)COC(=O)CCCCCCCCCCC(C)C. The third kappa shape index (κ3) is 49.7. The highest BCUT2D eigenvalue weighted by atomic mass is 16.6. The molecule has 63 heavy (non-hydrogen) atoms. The van der Waals surface area contributed by atoms with Gasteiger partial charge in [-0.15, -0.1) is 0 Å². The molecule has 0 heterocycles. The Morgan fingerprint density at radius 1 is 0.317 bits per heavy atom. The second-order valence-electron chi connectivity index (χ2n) is 20.8. The molecule has 6 heteroatoms. The smallest absolute Gasteiger partial charge is 0.306 e. The van der Waals surface area contributed by atoms with E-state index in [0.29, 0.717) is 19.3 Å². The maximum atomic E-state index is 12.8. The first-order chi connectivity index (χ1) is 30.6. The van der Waals surface area contributed by atoms with Crippen LogP contribution in [0.1, 0.15) is 311 Å². The van der Waals surface area contributed by atoms with Gasteiger partial charge in [-0.3, -0.25) is 14.4 Å². The number of esters is 3. The van der Waals surface area contributed by atoms with Crippen molar-refractivity contribution in [3.8, 4) is 0 Å². The maximum Gasteiger partial charge on any atom is 0.306 e. The van der Waals surface area contributed by atoms with Crippen molar-refractivity contribution in [3.05, 3.63) is 0 Å². The van der Waals surface area contributed by atoms with Crippen molar-refractivity contribution >= 4 is 17.9 Å². The molecule has 0 aromatic heterocycles. The summed E-state index contributed by atoms with van der Waals surface area (Å²) in [5.41, 5.74) is 0. The number of carbonyl (C=O) groups is 3. The number of rotatable bonds is 50. The lowest BCUT2D eigenvalue weighted by Crippen LogP contribution is -2.30. The van der Waals surface area contributed by atoms with Crippen LogP contribution in [0.25, 0.3) is 0 Å². The van der Waals surface area contributed by atoms with E-state index in [1.807, 2.05) is 0 Å². The molecule has 0 rings (SSSR count). The van der Waals surface area contributed by atoms with Crippen molar-refractivity contribution in [2.75, 3.05) is 13.2 Å². The van der Waals surface area contributed by atoms with Crippen molar-refractivity contribution in [2.24, 2.45) is 17.8 Å². The van der Waals surface area contributed by atoms with E-state index >= 15 is 0 Å². The highest BCUT2D eigenvalue weighted by Crippen LogP contribution is 2.19. The first-order valence-corrected chi connectivity index (χ1v) is 28.1. The van der Waals surface area contributed by atoms with Crippen LogP contribution in [0.2, 0.25) is 0 Å². The highest BCUT2D eigenvalue weighted by molar-refractivity contribution is 5.71. The minimum Gasteiger partial charge on any atom is -0.462 e. The molecule has 0 fully saturated rings. The summed E-state index contributed by atoms with van der Waals surface area (Å²) in [5.74, 6) is 1.66. The number of unbranched alkanes of at least 4 members (excludes halogenated alkanes) is 32. The Labute approximate surface area is 393 Å². The third-order valence-corrected chi connectivity index (χ3v) is 13.3. The van der Waals surface area contributed by atoms with Gasteiger partial charge in [0.05, 0.1) is 0 Å². The lowest BCUT2D eigenvalue weighted by atomic mass is 9.99. The summed E-state index contributed by atoms with van der Waals surface area (Å²) in [6.07, 6.45) is 49.6. The second kappa shape index (κ2) is 48.3. The van der Waals surface area contributed by atoms with Crippen molar-refractivity contribution in [3.63, 3.8) is 0 Å². The maximum absolute atomic E-state index is 12.8. The van der Waals surface area contributed by atoms with Gasteiger partial charge in [-0.05, 0) is 37.0 Å². The molecule has 0 aromatic carbocycles. The van der Waals surface area contributed by atoms with Gasteiger partial charge < -0.3 is 14.2 Å². The van der Waals surface area contributed by atoms with Gasteiger partial charge in [0.2, 0.25) is 0 Å². The lowest BCUT2D eigenvalue weighted by molar-refractivity contribution is -0.167. The zero-order valence-electron chi connectivity index (χ0n) is 43.4. The summed E-state index contributed by atoms with van der Waals surface area (Å²) in [6, 6.07) is 0. The van der Waals surface area contributed by atoms with Gasteiger partial charge in [-0.25, -0.2) is 0 Å². The van der Waals surface area contributed by atoms with Gasteiger partial charge in [0, 0.05) is 19.3 Å². The molecule has 0 amide bonds. The van der Waals surface area contributed by atoms with E-state index in [2.05, 4.69) is 41.5 Å². The molecule has 0 aliphatic carbocycles. The number of carbonyl (C=O) groups excluding carboxylic acids is 3. The van der Waals surface area contributed by atoms with Crippen LogP contribution in [-0.4, -0.2) is 37.2 Å². The van der Waals surface area contributed by atoms with E-state index in [9.17, 15) is 14.4 Å². The van der Waals surface area contributed by atoms with Gasteiger partial charge in [-0.1, -0.05) is 273 Å². The van der Waals surface area contributed by atoms with Gasteiger partial charge >= 0.3 is 17.9 Å². The van der Waals surface area contributed by atoms with Crippen LogP contribution in [0.3, 0.4) is 0 Å². The average molecular weight is 892 g/mol. The van der Waals surface area contributed by atoms with Crippen LogP contribution in [0.5, 0.6) is 0 Å². The van der Waals surface area contributed by atoms with Crippen LogP contribution < -0.4 is 0 Å². The molecule has 1 unspecified atom stereocenters.